The molecule has 0 spiro atoms. The highest BCUT2D eigenvalue weighted by Gasteiger charge is 2.25. The van der Waals surface area contributed by atoms with Crippen LogP contribution in [-0.2, 0) is 26.1 Å². The van der Waals surface area contributed by atoms with E-state index < -0.39 is 21.7 Å². The topological polar surface area (TPSA) is 98.8 Å². The fraction of sp³-hybridized carbons (Fsp3) is 0.333. The van der Waals surface area contributed by atoms with E-state index in [4.69, 9.17) is 9.15 Å². The van der Waals surface area contributed by atoms with E-state index in [0.29, 0.717) is 11.2 Å². The van der Waals surface area contributed by atoms with Gasteiger partial charge in [-0.25, -0.2) is 13.2 Å². The Hall–Kier alpha value is -3.07. The van der Waals surface area contributed by atoms with Gasteiger partial charge in [0.05, 0.1) is 22.7 Å². The molecule has 1 heterocycles. The number of ether oxygens (including phenoxy) is 1. The molecule has 0 aliphatic rings. The Morgan fingerprint density at radius 1 is 1.10 bits per heavy atom. The van der Waals surface area contributed by atoms with Crippen molar-refractivity contribution >= 4 is 32.8 Å². The molecule has 0 fully saturated rings. The van der Waals surface area contributed by atoms with Crippen molar-refractivity contribution in [3.05, 3.63) is 58.1 Å². The molecule has 0 amide bonds. The molecule has 160 valence electrons. The molecule has 0 N–H and O–H groups in total. The molecule has 2 aromatic carbocycles. The van der Waals surface area contributed by atoms with E-state index in [0.717, 1.165) is 15.7 Å². The minimum atomic E-state index is -3.89. The summed E-state index contributed by atoms with van der Waals surface area (Å²) in [5.74, 6) is -1.33. The second kappa shape index (κ2) is 8.35. The summed E-state index contributed by atoms with van der Waals surface area (Å²) in [4.78, 5) is 23.9. The molecule has 3 rings (SSSR count). The molecule has 8 nitrogen and oxygen atoms in total. The molecule has 0 aliphatic carbocycles. The van der Waals surface area contributed by atoms with Gasteiger partial charge in [-0.2, -0.15) is 0 Å². The van der Waals surface area contributed by atoms with E-state index in [1.165, 1.54) is 22.5 Å². The Bertz CT molecular complexity index is 1260. The van der Waals surface area contributed by atoms with Crippen LogP contribution in [0.3, 0.4) is 0 Å². The molecule has 0 saturated heterocycles. The van der Waals surface area contributed by atoms with E-state index in [9.17, 15) is 18.0 Å². The first-order valence-electron chi connectivity index (χ1n) is 9.58. The van der Waals surface area contributed by atoms with Gasteiger partial charge < -0.3 is 9.15 Å². The first-order valence-corrected chi connectivity index (χ1v) is 11.0. The summed E-state index contributed by atoms with van der Waals surface area (Å²) in [7, 11) is -3.89. The second-order valence-electron chi connectivity index (χ2n) is 6.83. The predicted molar refractivity (Wildman–Crippen MR) is 113 cm³/mol. The van der Waals surface area contributed by atoms with Crippen LogP contribution in [0, 0.1) is 13.8 Å². The number of hydrogen-bond acceptors (Lipinski definition) is 6. The number of anilines is 1. The Kier molecular flexibility index (Phi) is 6.02. The van der Waals surface area contributed by atoms with Crippen molar-refractivity contribution in [2.75, 3.05) is 17.5 Å². The van der Waals surface area contributed by atoms with Crippen molar-refractivity contribution in [3.63, 3.8) is 0 Å². The van der Waals surface area contributed by atoms with Crippen molar-refractivity contribution in [2.45, 2.75) is 39.1 Å². The number of carbonyl (C=O) groups is 1. The molecular formula is C21H24N2O6S. The summed E-state index contributed by atoms with van der Waals surface area (Å²) in [5.41, 5.74) is 3.02. The van der Waals surface area contributed by atoms with Crippen molar-refractivity contribution < 1.29 is 22.4 Å². The van der Waals surface area contributed by atoms with Crippen LogP contribution in [-0.4, -0.2) is 32.1 Å². The number of rotatable bonds is 7. The summed E-state index contributed by atoms with van der Waals surface area (Å²) >= 11 is 0. The highest BCUT2D eigenvalue weighted by atomic mass is 32.2. The van der Waals surface area contributed by atoms with Crippen LogP contribution < -0.4 is 10.1 Å². The monoisotopic (exact) mass is 432 g/mol. The zero-order chi connectivity index (χ0) is 22.1. The number of benzene rings is 2. The lowest BCUT2D eigenvalue weighted by molar-refractivity contribution is -0.143. The maximum Gasteiger partial charge on any atom is 0.420 e. The van der Waals surface area contributed by atoms with Gasteiger partial charge in [-0.3, -0.25) is 13.7 Å². The zero-order valence-electron chi connectivity index (χ0n) is 17.3. The second-order valence-corrected chi connectivity index (χ2v) is 8.69. The van der Waals surface area contributed by atoms with Crippen LogP contribution >= 0.6 is 0 Å². The molecule has 0 atom stereocenters. The number of nitrogens with zero attached hydrogens (tertiary/aromatic N) is 2. The number of esters is 1. The van der Waals surface area contributed by atoms with Crippen LogP contribution in [0.4, 0.5) is 5.69 Å². The summed E-state index contributed by atoms with van der Waals surface area (Å²) in [5, 5.41) is 0. The van der Waals surface area contributed by atoms with Gasteiger partial charge in [0.15, 0.2) is 5.58 Å². The maximum absolute atomic E-state index is 13.3. The molecule has 0 bridgehead atoms. The molecule has 0 radical (unpaired) electrons. The van der Waals surface area contributed by atoms with Crippen LogP contribution in [0.2, 0.25) is 0 Å². The van der Waals surface area contributed by atoms with Gasteiger partial charge in [0, 0.05) is 12.6 Å². The number of fused-ring (bicyclic) bond motifs is 1. The van der Waals surface area contributed by atoms with E-state index in [1.807, 2.05) is 26.0 Å². The Morgan fingerprint density at radius 2 is 1.83 bits per heavy atom. The Labute approximate surface area is 174 Å². The largest absolute Gasteiger partial charge is 0.465 e. The van der Waals surface area contributed by atoms with E-state index in [2.05, 4.69) is 0 Å². The number of aryl methyl sites for hydroxylation is 2. The highest BCUT2D eigenvalue weighted by Crippen LogP contribution is 2.27. The average molecular weight is 432 g/mol. The molecule has 0 aliphatic heterocycles. The number of sulfonamides is 1. The summed E-state index contributed by atoms with van der Waals surface area (Å²) in [6.45, 7) is 7.41. The first kappa shape index (κ1) is 21.6. The summed E-state index contributed by atoms with van der Waals surface area (Å²) < 4.78 is 39.0. The predicted octanol–water partition coefficient (Wildman–Crippen LogP) is 2.99. The van der Waals surface area contributed by atoms with E-state index in [-0.39, 0.29) is 30.2 Å². The van der Waals surface area contributed by atoms with Crippen molar-refractivity contribution in [1.82, 2.24) is 4.57 Å². The van der Waals surface area contributed by atoms with Crippen molar-refractivity contribution in [3.8, 4) is 0 Å². The van der Waals surface area contributed by atoms with Crippen LogP contribution in [0.1, 0.15) is 25.0 Å². The fourth-order valence-electron chi connectivity index (χ4n) is 3.19. The van der Waals surface area contributed by atoms with Gasteiger partial charge in [0.2, 0.25) is 0 Å². The number of aromatic nitrogens is 1. The molecule has 3 aromatic rings. The van der Waals surface area contributed by atoms with Crippen molar-refractivity contribution in [2.24, 2.45) is 0 Å². The fourth-order valence-corrected chi connectivity index (χ4v) is 4.67. The molecule has 1 aromatic heterocycles. The minimum Gasteiger partial charge on any atom is -0.465 e. The first-order chi connectivity index (χ1) is 14.2. The van der Waals surface area contributed by atoms with Crippen LogP contribution in [0.25, 0.3) is 11.1 Å². The van der Waals surface area contributed by atoms with Gasteiger partial charge in [-0.1, -0.05) is 6.07 Å². The summed E-state index contributed by atoms with van der Waals surface area (Å²) in [6.07, 6.45) is 0. The lowest BCUT2D eigenvalue weighted by atomic mass is 10.1. The van der Waals surface area contributed by atoms with E-state index >= 15 is 0 Å². The van der Waals surface area contributed by atoms with Gasteiger partial charge in [0.25, 0.3) is 10.0 Å². The third-order valence-electron chi connectivity index (χ3n) is 4.89. The quantitative estimate of drug-likeness (QED) is 0.532. The lowest BCUT2D eigenvalue weighted by Crippen LogP contribution is -2.30. The SMILES string of the molecule is CCOC(=O)Cn1c(=O)oc2cc(S(=O)(=O)N(CC)c3ccc(C)c(C)c3)ccc21. The van der Waals surface area contributed by atoms with Crippen LogP contribution in [0.15, 0.2) is 50.5 Å². The normalized spacial score (nSPS) is 11.6. The molecular weight excluding hydrogens is 408 g/mol. The molecule has 9 heteroatoms. The van der Waals surface area contributed by atoms with Crippen LogP contribution in [0.5, 0.6) is 0 Å². The van der Waals surface area contributed by atoms with E-state index in [1.54, 1.807) is 19.9 Å². The third-order valence-corrected chi connectivity index (χ3v) is 6.78. The standard InChI is InChI=1S/C21H24N2O6S/c1-5-23(16-8-7-14(3)15(4)11-16)30(26,27)17-9-10-18-19(12-17)29-21(25)22(18)13-20(24)28-6-2/h7-12H,5-6,13H2,1-4H3. The average Bonchev–Trinajstić information content (AvgIpc) is 2.99. The lowest BCUT2D eigenvalue weighted by Gasteiger charge is -2.23. The Balaban J connectivity index is 2.03. The van der Waals surface area contributed by atoms with Crippen molar-refractivity contribution in [1.29, 1.82) is 0 Å². The minimum absolute atomic E-state index is 0.00730. The van der Waals surface area contributed by atoms with Gasteiger partial charge in [0.1, 0.15) is 6.54 Å². The third kappa shape index (κ3) is 3.97. The molecule has 0 saturated carbocycles. The Morgan fingerprint density at radius 3 is 2.47 bits per heavy atom. The highest BCUT2D eigenvalue weighted by molar-refractivity contribution is 7.92. The number of carbonyl (C=O) groups excluding carboxylic acids is 1. The van der Waals surface area contributed by atoms with Gasteiger partial charge in [-0.05, 0) is 63.1 Å². The van der Waals surface area contributed by atoms with Gasteiger partial charge in [-0.15, -0.1) is 0 Å². The zero-order valence-corrected chi connectivity index (χ0v) is 18.2. The smallest absolute Gasteiger partial charge is 0.420 e. The molecule has 30 heavy (non-hydrogen) atoms. The maximum atomic E-state index is 13.3. The molecule has 0 unspecified atom stereocenters. The number of oxazole rings is 1. The van der Waals surface area contributed by atoms with Gasteiger partial charge >= 0.3 is 11.7 Å². The number of hydrogen-bond donors (Lipinski definition) is 0. The summed E-state index contributed by atoms with van der Waals surface area (Å²) in [6, 6.07) is 9.62.